The molecular weight excluding hydrogens is 302 g/mol. The van der Waals surface area contributed by atoms with Gasteiger partial charge in [-0.25, -0.2) is 4.39 Å². The number of ether oxygens (including phenoxy) is 1. The number of phenolic OH excluding ortho intramolecular Hbond substituents is 1. The molecule has 3 nitrogen and oxygen atoms in total. The zero-order valence-electron chi connectivity index (χ0n) is 7.38. The molecule has 0 aliphatic heterocycles. The van der Waals surface area contributed by atoms with E-state index >= 15 is 0 Å². The molecule has 0 amide bonds. The van der Waals surface area contributed by atoms with Crippen LogP contribution in [0.4, 0.5) is 4.39 Å². The highest BCUT2D eigenvalue weighted by atomic mass is 127. The Kier molecular flexibility index (Phi) is 3.68. The Morgan fingerprint density at radius 1 is 1.64 bits per heavy atom. The lowest BCUT2D eigenvalue weighted by atomic mass is 10.1. The Balaban J connectivity index is 3.00. The smallest absolute Gasteiger partial charge is 0.310 e. The van der Waals surface area contributed by atoms with E-state index in [1.54, 1.807) is 22.6 Å². The average molecular weight is 310 g/mol. The van der Waals surface area contributed by atoms with Crippen LogP contribution in [0, 0.1) is 9.39 Å². The first-order valence-electron chi connectivity index (χ1n) is 3.79. The van der Waals surface area contributed by atoms with Crippen LogP contribution in [0.2, 0.25) is 0 Å². The largest absolute Gasteiger partial charge is 0.505 e. The van der Waals surface area contributed by atoms with Crippen LogP contribution < -0.4 is 0 Å². The van der Waals surface area contributed by atoms with Gasteiger partial charge in [0.2, 0.25) is 0 Å². The average Bonchev–Trinajstić information content (AvgIpc) is 2.19. The summed E-state index contributed by atoms with van der Waals surface area (Å²) in [4.78, 5) is 10.9. The minimum absolute atomic E-state index is 0.00593. The molecule has 0 atom stereocenters. The highest BCUT2D eigenvalue weighted by Crippen LogP contribution is 2.24. The lowest BCUT2D eigenvalue weighted by molar-refractivity contribution is -0.139. The third-order valence-electron chi connectivity index (χ3n) is 1.70. The highest BCUT2D eigenvalue weighted by molar-refractivity contribution is 14.1. The first-order chi connectivity index (χ1) is 6.56. The molecule has 0 saturated carbocycles. The first kappa shape index (κ1) is 11.2. The molecule has 14 heavy (non-hydrogen) atoms. The van der Waals surface area contributed by atoms with Crippen molar-refractivity contribution in [3.63, 3.8) is 0 Å². The van der Waals surface area contributed by atoms with Crippen molar-refractivity contribution in [3.8, 4) is 5.75 Å². The Morgan fingerprint density at radius 2 is 2.29 bits per heavy atom. The van der Waals surface area contributed by atoms with Crippen molar-refractivity contribution >= 4 is 28.6 Å². The second-order valence-electron chi connectivity index (χ2n) is 2.62. The summed E-state index contributed by atoms with van der Waals surface area (Å²) in [5.74, 6) is -1.55. The molecule has 0 heterocycles. The quantitative estimate of drug-likeness (QED) is 0.670. The van der Waals surface area contributed by atoms with E-state index in [2.05, 4.69) is 4.74 Å². The van der Waals surface area contributed by atoms with E-state index in [0.717, 1.165) is 0 Å². The van der Waals surface area contributed by atoms with E-state index in [-0.39, 0.29) is 9.99 Å². The number of benzene rings is 1. The fourth-order valence-corrected chi connectivity index (χ4v) is 1.59. The number of halogens is 2. The summed E-state index contributed by atoms with van der Waals surface area (Å²) in [7, 11) is 1.27. The number of esters is 1. The molecule has 0 aliphatic carbocycles. The van der Waals surface area contributed by atoms with E-state index in [1.165, 1.54) is 19.2 Å². The maximum Gasteiger partial charge on any atom is 0.310 e. The van der Waals surface area contributed by atoms with Crippen LogP contribution in [0.25, 0.3) is 0 Å². The van der Waals surface area contributed by atoms with Crippen molar-refractivity contribution in [3.05, 3.63) is 27.1 Å². The van der Waals surface area contributed by atoms with Gasteiger partial charge in [-0.3, -0.25) is 4.79 Å². The van der Waals surface area contributed by atoms with Crippen molar-refractivity contribution in [2.45, 2.75) is 6.42 Å². The SMILES string of the molecule is COC(=O)Cc1ccc(O)c(F)c1I. The van der Waals surface area contributed by atoms with Gasteiger partial charge in [-0.2, -0.15) is 0 Å². The van der Waals surface area contributed by atoms with Gasteiger partial charge in [-0.1, -0.05) is 6.07 Å². The predicted octanol–water partition coefficient (Wildman–Crippen LogP) is 1.85. The van der Waals surface area contributed by atoms with E-state index in [1.807, 2.05) is 0 Å². The molecule has 0 spiro atoms. The van der Waals surface area contributed by atoms with Crippen LogP contribution in [-0.2, 0) is 16.0 Å². The van der Waals surface area contributed by atoms with Crippen molar-refractivity contribution in [2.75, 3.05) is 7.11 Å². The number of aromatic hydroxyl groups is 1. The number of methoxy groups -OCH3 is 1. The van der Waals surface area contributed by atoms with E-state index in [4.69, 9.17) is 5.11 Å². The lowest BCUT2D eigenvalue weighted by Crippen LogP contribution is -2.06. The Bertz CT molecular complexity index is 365. The minimum atomic E-state index is -0.702. The van der Waals surface area contributed by atoms with Crippen LogP contribution in [-0.4, -0.2) is 18.2 Å². The molecule has 1 N–H and O–H groups in total. The Labute approximate surface area is 94.0 Å². The molecule has 0 fully saturated rings. The topological polar surface area (TPSA) is 46.5 Å². The van der Waals surface area contributed by atoms with Crippen LogP contribution in [0.5, 0.6) is 5.75 Å². The molecule has 0 aliphatic rings. The third-order valence-corrected chi connectivity index (χ3v) is 2.87. The van der Waals surface area contributed by atoms with Gasteiger partial charge in [0, 0.05) is 0 Å². The molecule has 0 aromatic heterocycles. The van der Waals surface area contributed by atoms with Crippen LogP contribution in [0.15, 0.2) is 12.1 Å². The lowest BCUT2D eigenvalue weighted by Gasteiger charge is -2.05. The molecule has 5 heteroatoms. The van der Waals surface area contributed by atoms with Crippen molar-refractivity contribution in [2.24, 2.45) is 0 Å². The van der Waals surface area contributed by atoms with Crippen molar-refractivity contribution in [1.82, 2.24) is 0 Å². The van der Waals surface area contributed by atoms with Gasteiger partial charge in [-0.15, -0.1) is 0 Å². The fraction of sp³-hybridized carbons (Fsp3) is 0.222. The van der Waals surface area contributed by atoms with Gasteiger partial charge in [-0.05, 0) is 34.2 Å². The number of carbonyl (C=O) groups is 1. The predicted molar refractivity (Wildman–Crippen MR) is 56.5 cm³/mol. The van der Waals surface area contributed by atoms with Gasteiger partial charge in [0.25, 0.3) is 0 Å². The normalized spacial score (nSPS) is 9.93. The van der Waals surface area contributed by atoms with E-state index in [9.17, 15) is 9.18 Å². The summed E-state index contributed by atoms with van der Waals surface area (Å²) in [5.41, 5.74) is 0.507. The molecule has 0 saturated heterocycles. The maximum absolute atomic E-state index is 13.1. The summed E-state index contributed by atoms with van der Waals surface area (Å²) in [6.07, 6.45) is 0.00593. The zero-order chi connectivity index (χ0) is 10.7. The monoisotopic (exact) mass is 310 g/mol. The second kappa shape index (κ2) is 4.59. The number of rotatable bonds is 2. The van der Waals surface area contributed by atoms with Crippen LogP contribution in [0.3, 0.4) is 0 Å². The maximum atomic E-state index is 13.1. The Morgan fingerprint density at radius 3 is 2.86 bits per heavy atom. The molecule has 0 bridgehead atoms. The second-order valence-corrected chi connectivity index (χ2v) is 3.70. The summed E-state index contributed by atoms with van der Waals surface area (Å²) < 4.78 is 17.8. The molecule has 1 aromatic rings. The number of carbonyl (C=O) groups excluding carboxylic acids is 1. The Hall–Kier alpha value is -0.850. The van der Waals surface area contributed by atoms with E-state index < -0.39 is 17.5 Å². The molecule has 1 rings (SSSR count). The fourth-order valence-electron chi connectivity index (χ4n) is 0.943. The molecule has 0 unspecified atom stereocenters. The molecule has 76 valence electrons. The summed E-state index contributed by atoms with van der Waals surface area (Å²) in [6.45, 7) is 0. The highest BCUT2D eigenvalue weighted by Gasteiger charge is 2.13. The first-order valence-corrected chi connectivity index (χ1v) is 4.86. The minimum Gasteiger partial charge on any atom is -0.505 e. The van der Waals surface area contributed by atoms with Gasteiger partial charge in [0.05, 0.1) is 17.1 Å². The number of hydrogen-bond donors (Lipinski definition) is 1. The van der Waals surface area contributed by atoms with Gasteiger partial charge < -0.3 is 9.84 Å². The van der Waals surface area contributed by atoms with Crippen LogP contribution >= 0.6 is 22.6 Å². The zero-order valence-corrected chi connectivity index (χ0v) is 9.54. The summed E-state index contributed by atoms with van der Waals surface area (Å²) in [5, 5.41) is 9.02. The molecule has 0 radical (unpaired) electrons. The van der Waals surface area contributed by atoms with Gasteiger partial charge in [0.1, 0.15) is 0 Å². The third kappa shape index (κ3) is 2.34. The molecule has 1 aromatic carbocycles. The molecular formula is C9H8FIO3. The van der Waals surface area contributed by atoms with Crippen molar-refractivity contribution in [1.29, 1.82) is 0 Å². The van der Waals surface area contributed by atoms with Crippen LogP contribution in [0.1, 0.15) is 5.56 Å². The summed E-state index contributed by atoms with van der Waals surface area (Å²) >= 11 is 1.74. The summed E-state index contributed by atoms with van der Waals surface area (Å²) in [6, 6.07) is 2.72. The number of hydrogen-bond acceptors (Lipinski definition) is 3. The van der Waals surface area contributed by atoms with Gasteiger partial charge in [0.15, 0.2) is 11.6 Å². The van der Waals surface area contributed by atoms with E-state index in [0.29, 0.717) is 5.56 Å². The van der Waals surface area contributed by atoms with Gasteiger partial charge >= 0.3 is 5.97 Å². The number of phenols is 1. The standard InChI is InChI=1S/C9H8FIO3/c1-14-7(13)4-5-2-3-6(12)8(10)9(5)11/h2-3,12H,4H2,1H3. The van der Waals surface area contributed by atoms with Crippen molar-refractivity contribution < 1.29 is 19.0 Å².